The molecule has 1 N–H and O–H groups in total. The molecule has 0 unspecified atom stereocenters. The molecule has 9 heteroatoms. The van der Waals surface area contributed by atoms with Crippen molar-refractivity contribution >= 4 is 37.7 Å². The van der Waals surface area contributed by atoms with Gasteiger partial charge in [0, 0.05) is 35.4 Å². The van der Waals surface area contributed by atoms with E-state index in [0.717, 1.165) is 8.78 Å². The number of anilines is 1. The van der Waals surface area contributed by atoms with Crippen LogP contribution in [0.2, 0.25) is 0 Å². The number of carbonyl (C=O) groups excluding carboxylic acids is 1. The van der Waals surface area contributed by atoms with E-state index in [4.69, 9.17) is 0 Å². The molecule has 1 aliphatic heterocycles. The second-order valence-corrected chi connectivity index (χ2v) is 8.67. The minimum absolute atomic E-state index is 0.0557. The summed E-state index contributed by atoms with van der Waals surface area (Å²) in [5.41, 5.74) is 0.884. The molecule has 0 atom stereocenters. The van der Waals surface area contributed by atoms with Crippen molar-refractivity contribution in [3.05, 3.63) is 64.4 Å². The number of amides is 1. The van der Waals surface area contributed by atoms with Crippen molar-refractivity contribution in [3.63, 3.8) is 0 Å². The van der Waals surface area contributed by atoms with Gasteiger partial charge in [0.15, 0.2) is 0 Å². The maximum absolute atomic E-state index is 13.8. The molecule has 26 heavy (non-hydrogen) atoms. The molecule has 138 valence electrons. The van der Waals surface area contributed by atoms with E-state index in [2.05, 4.69) is 21.2 Å². The third-order valence-corrected chi connectivity index (χ3v) is 6.46. The van der Waals surface area contributed by atoms with Gasteiger partial charge in [-0.05, 0) is 30.3 Å². The molecule has 0 aromatic heterocycles. The summed E-state index contributed by atoms with van der Waals surface area (Å²) in [6.45, 7) is 0.0543. The predicted octanol–water partition coefficient (Wildman–Crippen LogP) is 2.59. The maximum Gasteiger partial charge on any atom is 0.282 e. The summed E-state index contributed by atoms with van der Waals surface area (Å²) in [4.78, 5) is 12.2. The molecule has 1 aliphatic rings. The molecule has 1 fully saturated rings. The normalized spacial score (nSPS) is 17.3. The first-order valence-electron chi connectivity index (χ1n) is 7.90. The fourth-order valence-electron chi connectivity index (χ4n) is 2.65. The molecule has 1 amide bonds. The fraction of sp³-hybridized carbons (Fsp3) is 0.235. The zero-order chi connectivity index (χ0) is 18.7. The van der Waals surface area contributed by atoms with E-state index in [9.17, 15) is 17.6 Å². The van der Waals surface area contributed by atoms with Crippen molar-refractivity contribution in [2.45, 2.75) is 6.54 Å². The van der Waals surface area contributed by atoms with Crippen molar-refractivity contribution in [1.29, 1.82) is 0 Å². The molecule has 2 aromatic carbocycles. The summed E-state index contributed by atoms with van der Waals surface area (Å²) in [5, 5.41) is 2.66. The van der Waals surface area contributed by atoms with E-state index in [1.807, 2.05) is 0 Å². The average Bonchev–Trinajstić information content (AvgIpc) is 2.86. The summed E-state index contributed by atoms with van der Waals surface area (Å²) in [7, 11) is -3.81. The van der Waals surface area contributed by atoms with Gasteiger partial charge < -0.3 is 5.32 Å². The molecule has 3 rings (SSSR count). The number of halogens is 2. The molecule has 2 aromatic rings. The lowest BCUT2D eigenvalue weighted by molar-refractivity contribution is -0.116. The van der Waals surface area contributed by atoms with Crippen LogP contribution >= 0.6 is 15.9 Å². The van der Waals surface area contributed by atoms with Crippen LogP contribution in [0.4, 0.5) is 10.1 Å². The second-order valence-electron chi connectivity index (χ2n) is 5.82. The molecule has 1 heterocycles. The first-order chi connectivity index (χ1) is 12.4. The van der Waals surface area contributed by atoms with Crippen molar-refractivity contribution in [1.82, 2.24) is 8.61 Å². The van der Waals surface area contributed by atoms with Gasteiger partial charge in [-0.2, -0.15) is 17.0 Å². The van der Waals surface area contributed by atoms with Crippen molar-refractivity contribution in [2.75, 3.05) is 25.0 Å². The number of rotatable bonds is 5. The lowest BCUT2D eigenvalue weighted by atomic mass is 10.2. The molecular formula is C17H17BrFN3O3S. The Morgan fingerprint density at radius 2 is 1.73 bits per heavy atom. The van der Waals surface area contributed by atoms with Gasteiger partial charge >= 0.3 is 0 Å². The quantitative estimate of drug-likeness (QED) is 0.774. The highest BCUT2D eigenvalue weighted by Gasteiger charge is 2.37. The third kappa shape index (κ3) is 4.29. The van der Waals surface area contributed by atoms with Gasteiger partial charge in [0.1, 0.15) is 5.82 Å². The van der Waals surface area contributed by atoms with Gasteiger partial charge in [-0.25, -0.2) is 4.39 Å². The Balaban J connectivity index is 1.63. The molecule has 0 saturated carbocycles. The molecule has 0 bridgehead atoms. The largest absolute Gasteiger partial charge is 0.325 e. The van der Waals surface area contributed by atoms with E-state index in [0.29, 0.717) is 11.3 Å². The summed E-state index contributed by atoms with van der Waals surface area (Å²) in [5.74, 6) is -0.877. The summed E-state index contributed by atoms with van der Waals surface area (Å²) >= 11 is 3.30. The van der Waals surface area contributed by atoms with Crippen LogP contribution in [-0.4, -0.2) is 42.6 Å². The Bertz CT molecular complexity index is 906. The highest BCUT2D eigenvalue weighted by molar-refractivity contribution is 9.10. The van der Waals surface area contributed by atoms with Gasteiger partial charge in [-0.1, -0.05) is 34.1 Å². The monoisotopic (exact) mass is 441 g/mol. The second kappa shape index (κ2) is 7.83. The van der Waals surface area contributed by atoms with E-state index in [-0.39, 0.29) is 26.2 Å². The molecular weight excluding hydrogens is 425 g/mol. The average molecular weight is 442 g/mol. The molecule has 0 radical (unpaired) electrons. The Morgan fingerprint density at radius 1 is 1.08 bits per heavy atom. The van der Waals surface area contributed by atoms with Crippen LogP contribution in [-0.2, 0) is 21.5 Å². The Labute approximate surface area is 159 Å². The molecule has 0 aliphatic carbocycles. The van der Waals surface area contributed by atoms with Gasteiger partial charge in [0.25, 0.3) is 10.2 Å². The van der Waals surface area contributed by atoms with E-state index in [1.165, 1.54) is 10.4 Å². The van der Waals surface area contributed by atoms with Crippen LogP contribution < -0.4 is 5.32 Å². The Morgan fingerprint density at radius 3 is 2.42 bits per heavy atom. The van der Waals surface area contributed by atoms with Gasteiger partial charge in [-0.15, -0.1) is 0 Å². The summed E-state index contributed by atoms with van der Waals surface area (Å²) in [6.07, 6.45) is 0. The lowest BCUT2D eigenvalue weighted by Gasteiger charge is -2.18. The van der Waals surface area contributed by atoms with Gasteiger partial charge in [0.2, 0.25) is 5.91 Å². The first-order valence-corrected chi connectivity index (χ1v) is 10.1. The fourth-order valence-corrected chi connectivity index (χ4v) is 4.45. The van der Waals surface area contributed by atoms with Crippen LogP contribution in [0.3, 0.4) is 0 Å². The number of benzene rings is 2. The van der Waals surface area contributed by atoms with Crippen molar-refractivity contribution in [3.8, 4) is 0 Å². The van der Waals surface area contributed by atoms with E-state index >= 15 is 0 Å². The Kier molecular flexibility index (Phi) is 5.71. The first kappa shape index (κ1) is 19.0. The Hall–Kier alpha value is -1.81. The van der Waals surface area contributed by atoms with Gasteiger partial charge in [-0.3, -0.25) is 4.79 Å². The van der Waals surface area contributed by atoms with Crippen LogP contribution in [0, 0.1) is 5.82 Å². The topological polar surface area (TPSA) is 69.7 Å². The number of hydrogen-bond donors (Lipinski definition) is 1. The highest BCUT2D eigenvalue weighted by atomic mass is 79.9. The van der Waals surface area contributed by atoms with Crippen LogP contribution in [0.15, 0.2) is 53.0 Å². The van der Waals surface area contributed by atoms with Gasteiger partial charge in [0.05, 0.1) is 6.54 Å². The van der Waals surface area contributed by atoms with Crippen LogP contribution in [0.25, 0.3) is 0 Å². The zero-order valence-electron chi connectivity index (χ0n) is 13.7. The van der Waals surface area contributed by atoms with E-state index < -0.39 is 21.9 Å². The number of nitrogens with zero attached hydrogens (tertiary/aromatic N) is 2. The molecule has 1 saturated heterocycles. The van der Waals surface area contributed by atoms with Crippen LogP contribution in [0.1, 0.15) is 5.56 Å². The van der Waals surface area contributed by atoms with Crippen molar-refractivity contribution < 1.29 is 17.6 Å². The summed E-state index contributed by atoms with van der Waals surface area (Å²) < 4.78 is 42.1. The number of carbonyl (C=O) groups is 1. The number of nitrogens with one attached hydrogen (secondary N) is 1. The minimum atomic E-state index is -3.81. The zero-order valence-corrected chi connectivity index (χ0v) is 16.1. The molecule has 6 nitrogen and oxygen atoms in total. The standard InChI is InChI=1S/C17H17BrFN3O3S/c18-14-5-7-15(8-6-14)20-17(23)12-22-10-9-21(26(22,24)25)11-13-3-1-2-4-16(13)19/h1-8H,9-12H2,(H,20,23). The maximum atomic E-state index is 13.8. The third-order valence-electron chi connectivity index (χ3n) is 4.00. The van der Waals surface area contributed by atoms with Crippen LogP contribution in [0.5, 0.6) is 0 Å². The molecule has 0 spiro atoms. The van der Waals surface area contributed by atoms with E-state index in [1.54, 1.807) is 42.5 Å². The lowest BCUT2D eigenvalue weighted by Crippen LogP contribution is -2.37. The summed E-state index contributed by atoms with van der Waals surface area (Å²) in [6, 6.07) is 13.0. The smallest absolute Gasteiger partial charge is 0.282 e. The minimum Gasteiger partial charge on any atom is -0.325 e. The number of hydrogen-bond acceptors (Lipinski definition) is 3. The van der Waals surface area contributed by atoms with Crippen molar-refractivity contribution in [2.24, 2.45) is 0 Å². The SMILES string of the molecule is O=C(CN1CCN(Cc2ccccc2F)S1(=O)=O)Nc1ccc(Br)cc1. The predicted molar refractivity (Wildman–Crippen MR) is 100 cm³/mol. The highest BCUT2D eigenvalue weighted by Crippen LogP contribution is 2.21.